The fourth-order valence-electron chi connectivity index (χ4n) is 5.08. The van der Waals surface area contributed by atoms with E-state index in [2.05, 4.69) is 43.0 Å². The molecule has 35 heavy (non-hydrogen) atoms. The molecule has 1 aromatic carbocycles. The zero-order chi connectivity index (χ0) is 23.7. The molecule has 4 aromatic rings. The molecule has 1 saturated carbocycles. The maximum atomic E-state index is 6.85. The number of nitrogens with zero attached hydrogens (tertiary/aromatic N) is 6. The van der Waals surface area contributed by atoms with Crippen molar-refractivity contribution in [2.75, 3.05) is 36.0 Å². The van der Waals surface area contributed by atoms with E-state index >= 15 is 0 Å². The SMILES string of the molecule is NC1CN(c2ncnc3cc(Sc4nc(N5CCC(N)C5)c5c(Cl)c(C6CC6)[nH]c5n4)ccc23)C1. The highest BCUT2D eigenvalue weighted by Gasteiger charge is 2.32. The van der Waals surface area contributed by atoms with E-state index in [0.29, 0.717) is 11.1 Å². The Kier molecular flexibility index (Phi) is 5.06. The molecule has 1 aliphatic carbocycles. The highest BCUT2D eigenvalue weighted by Crippen LogP contribution is 2.47. The summed E-state index contributed by atoms with van der Waals surface area (Å²) >= 11 is 8.38. The van der Waals surface area contributed by atoms with Crippen molar-refractivity contribution >= 4 is 56.9 Å². The number of hydrogen-bond acceptors (Lipinski definition) is 9. The summed E-state index contributed by atoms with van der Waals surface area (Å²) in [4.78, 5) is 27.8. The second-order valence-corrected chi connectivity index (χ2v) is 11.2. The van der Waals surface area contributed by atoms with Crippen LogP contribution in [0.15, 0.2) is 34.6 Å². The minimum Gasteiger partial charge on any atom is -0.354 e. The van der Waals surface area contributed by atoms with Crippen LogP contribution in [0.25, 0.3) is 21.9 Å². The van der Waals surface area contributed by atoms with Gasteiger partial charge in [0.05, 0.1) is 15.9 Å². The highest BCUT2D eigenvalue weighted by molar-refractivity contribution is 7.99. The van der Waals surface area contributed by atoms with Gasteiger partial charge in [-0.15, -0.1) is 0 Å². The third-order valence-corrected chi connectivity index (χ3v) is 8.34. The summed E-state index contributed by atoms with van der Waals surface area (Å²) in [6.07, 6.45) is 4.89. The van der Waals surface area contributed by atoms with Gasteiger partial charge in [-0.05, 0) is 49.2 Å². The van der Waals surface area contributed by atoms with Crippen LogP contribution in [0, 0.1) is 0 Å². The maximum absolute atomic E-state index is 6.85. The number of fused-ring (bicyclic) bond motifs is 2. The van der Waals surface area contributed by atoms with Crippen molar-refractivity contribution in [3.05, 3.63) is 35.2 Å². The van der Waals surface area contributed by atoms with Gasteiger partial charge < -0.3 is 26.3 Å². The number of rotatable bonds is 5. The van der Waals surface area contributed by atoms with Gasteiger partial charge in [-0.2, -0.15) is 0 Å². The molecular formula is C24H26ClN9S. The largest absolute Gasteiger partial charge is 0.354 e. The second-order valence-electron chi connectivity index (χ2n) is 9.82. The third-order valence-electron chi connectivity index (χ3n) is 7.09. The van der Waals surface area contributed by atoms with E-state index < -0.39 is 0 Å². The lowest BCUT2D eigenvalue weighted by atomic mass is 10.1. The molecule has 3 aromatic heterocycles. The Labute approximate surface area is 211 Å². The van der Waals surface area contributed by atoms with E-state index in [0.717, 1.165) is 94.6 Å². The Morgan fingerprint density at radius 2 is 1.80 bits per heavy atom. The van der Waals surface area contributed by atoms with Gasteiger partial charge in [-0.3, -0.25) is 0 Å². The van der Waals surface area contributed by atoms with Gasteiger partial charge in [-0.1, -0.05) is 11.6 Å². The van der Waals surface area contributed by atoms with E-state index in [4.69, 9.17) is 33.0 Å². The molecule has 3 fully saturated rings. The van der Waals surface area contributed by atoms with E-state index in [-0.39, 0.29) is 12.1 Å². The predicted octanol–water partition coefficient (Wildman–Crippen LogP) is 3.27. The van der Waals surface area contributed by atoms with Crippen LogP contribution in [-0.2, 0) is 0 Å². The molecule has 2 aliphatic heterocycles. The number of aromatic nitrogens is 5. The zero-order valence-electron chi connectivity index (χ0n) is 19.1. The lowest BCUT2D eigenvalue weighted by Gasteiger charge is -2.38. The highest BCUT2D eigenvalue weighted by atomic mass is 35.5. The molecule has 9 nitrogen and oxygen atoms in total. The number of anilines is 2. The van der Waals surface area contributed by atoms with Crippen LogP contribution >= 0.6 is 23.4 Å². The average molecular weight is 508 g/mol. The first-order valence-electron chi connectivity index (χ1n) is 12.1. The van der Waals surface area contributed by atoms with Crippen LogP contribution in [0.4, 0.5) is 11.6 Å². The summed E-state index contributed by atoms with van der Waals surface area (Å²) in [7, 11) is 0. The molecule has 1 unspecified atom stereocenters. The van der Waals surface area contributed by atoms with Gasteiger partial charge in [0.2, 0.25) is 0 Å². The summed E-state index contributed by atoms with van der Waals surface area (Å²) < 4.78 is 0. The average Bonchev–Trinajstić information content (AvgIpc) is 3.50. The molecule has 0 radical (unpaired) electrons. The molecular weight excluding hydrogens is 482 g/mol. The molecule has 2 saturated heterocycles. The summed E-state index contributed by atoms with van der Waals surface area (Å²) in [6.45, 7) is 3.28. The Bertz CT molecular complexity index is 1450. The topological polar surface area (TPSA) is 126 Å². The number of benzene rings is 1. The Morgan fingerprint density at radius 1 is 0.971 bits per heavy atom. The van der Waals surface area contributed by atoms with Crippen LogP contribution in [0.1, 0.15) is 30.9 Å². The van der Waals surface area contributed by atoms with Crippen molar-refractivity contribution in [2.24, 2.45) is 11.5 Å². The van der Waals surface area contributed by atoms with Crippen LogP contribution in [0.3, 0.4) is 0 Å². The Hall–Kier alpha value is -2.66. The van der Waals surface area contributed by atoms with E-state index in [1.165, 1.54) is 11.8 Å². The van der Waals surface area contributed by atoms with Crippen LogP contribution in [0.2, 0.25) is 5.02 Å². The first-order valence-corrected chi connectivity index (χ1v) is 13.3. The molecule has 1 atom stereocenters. The van der Waals surface area contributed by atoms with Crippen molar-refractivity contribution in [3.63, 3.8) is 0 Å². The molecule has 0 bridgehead atoms. The summed E-state index contributed by atoms with van der Waals surface area (Å²) in [6, 6.07) is 6.58. The van der Waals surface area contributed by atoms with Gasteiger partial charge >= 0.3 is 0 Å². The molecule has 5 heterocycles. The molecule has 0 amide bonds. The van der Waals surface area contributed by atoms with Crippen LogP contribution in [0.5, 0.6) is 0 Å². The van der Waals surface area contributed by atoms with Crippen LogP contribution in [-0.4, -0.2) is 63.2 Å². The van der Waals surface area contributed by atoms with Crippen LogP contribution < -0.4 is 21.3 Å². The minimum atomic E-state index is 0.145. The number of nitrogens with two attached hydrogens (primary N) is 2. The van der Waals surface area contributed by atoms with Crippen molar-refractivity contribution in [1.29, 1.82) is 0 Å². The van der Waals surface area contributed by atoms with Crippen molar-refractivity contribution in [1.82, 2.24) is 24.9 Å². The van der Waals surface area contributed by atoms with E-state index in [9.17, 15) is 0 Å². The quantitative estimate of drug-likeness (QED) is 0.349. The fourth-order valence-corrected chi connectivity index (χ4v) is 6.24. The number of halogens is 1. The first-order chi connectivity index (χ1) is 17.0. The number of H-pyrrole nitrogens is 1. The maximum Gasteiger partial charge on any atom is 0.196 e. The van der Waals surface area contributed by atoms with Gasteiger partial charge in [0.25, 0.3) is 0 Å². The zero-order valence-corrected chi connectivity index (χ0v) is 20.7. The molecule has 7 rings (SSSR count). The summed E-state index contributed by atoms with van der Waals surface area (Å²) in [5.41, 5.74) is 15.0. The first kappa shape index (κ1) is 21.6. The number of hydrogen-bond donors (Lipinski definition) is 3. The van der Waals surface area contributed by atoms with Crippen molar-refractivity contribution in [2.45, 2.75) is 47.3 Å². The molecule has 11 heteroatoms. The summed E-state index contributed by atoms with van der Waals surface area (Å²) in [5.74, 6) is 2.31. The molecule has 5 N–H and O–H groups in total. The summed E-state index contributed by atoms with van der Waals surface area (Å²) in [5, 5.41) is 3.37. The third kappa shape index (κ3) is 3.79. The number of aromatic amines is 1. The predicted molar refractivity (Wildman–Crippen MR) is 140 cm³/mol. The molecule has 3 aliphatic rings. The molecule has 180 valence electrons. The molecule has 0 spiro atoms. The van der Waals surface area contributed by atoms with Crippen molar-refractivity contribution in [3.8, 4) is 0 Å². The van der Waals surface area contributed by atoms with E-state index in [1.807, 2.05) is 0 Å². The van der Waals surface area contributed by atoms with Gasteiger partial charge in [0.15, 0.2) is 5.16 Å². The monoisotopic (exact) mass is 507 g/mol. The lowest BCUT2D eigenvalue weighted by Crippen LogP contribution is -2.56. The van der Waals surface area contributed by atoms with Crippen molar-refractivity contribution < 1.29 is 0 Å². The normalized spacial score (nSPS) is 20.8. The Morgan fingerprint density at radius 3 is 2.54 bits per heavy atom. The smallest absolute Gasteiger partial charge is 0.196 e. The number of nitrogens with one attached hydrogen (secondary N) is 1. The fraction of sp³-hybridized carbons (Fsp3) is 0.417. The Balaban J connectivity index is 1.26. The van der Waals surface area contributed by atoms with Gasteiger partial charge in [0, 0.05) is 60.2 Å². The second kappa shape index (κ2) is 8.19. The van der Waals surface area contributed by atoms with E-state index in [1.54, 1.807) is 6.33 Å². The van der Waals surface area contributed by atoms with Gasteiger partial charge in [0.1, 0.15) is 23.6 Å². The van der Waals surface area contributed by atoms with Gasteiger partial charge in [-0.25, -0.2) is 19.9 Å². The lowest BCUT2D eigenvalue weighted by molar-refractivity contribution is 0.516. The minimum absolute atomic E-state index is 0.145. The standard InChI is InChI=1S/C24H26ClN9S/c25-19-18-21(30-20(19)12-1-2-12)31-24(32-23(18)33-6-5-13(26)8-33)35-15-3-4-16-17(7-15)28-11-29-22(16)34-9-14(27)10-34/h3-4,7,11-14H,1-2,5-6,8-10,26-27H2,(H,30,31,32).